The van der Waals surface area contributed by atoms with Gasteiger partial charge >= 0.3 is 5.97 Å². The highest BCUT2D eigenvalue weighted by Crippen LogP contribution is 2.71. The van der Waals surface area contributed by atoms with E-state index in [1.807, 2.05) is 37.3 Å². The number of rotatable bonds is 4. The summed E-state index contributed by atoms with van der Waals surface area (Å²) in [4.78, 5) is 31.1. The smallest absolute Gasteiger partial charge is 0.326 e. The number of oxime groups is 1. The second-order valence-electron chi connectivity index (χ2n) is 9.32. The minimum atomic E-state index is -0.580. The number of benzene rings is 2. The SMILES string of the molecule is Cc1cccc(NC(=O)C23CCC(C)(/C(=N/OC(=O)c4ccccc4)C2)C3(C)C)c1. The van der Waals surface area contributed by atoms with Crippen LogP contribution in [-0.2, 0) is 9.63 Å². The molecule has 156 valence electrons. The van der Waals surface area contributed by atoms with Crippen molar-refractivity contribution in [2.24, 2.45) is 21.4 Å². The summed E-state index contributed by atoms with van der Waals surface area (Å²) in [5.41, 5.74) is 1.97. The van der Waals surface area contributed by atoms with Crippen molar-refractivity contribution < 1.29 is 14.4 Å². The zero-order valence-corrected chi connectivity index (χ0v) is 18.0. The van der Waals surface area contributed by atoms with Gasteiger partial charge in [0.25, 0.3) is 0 Å². The van der Waals surface area contributed by atoms with Crippen molar-refractivity contribution >= 4 is 23.3 Å². The van der Waals surface area contributed by atoms with E-state index in [2.05, 4.69) is 31.2 Å². The standard InChI is InChI=1S/C25H28N2O3/c1-17-9-8-12-19(15-17)26-22(29)25-14-13-24(4,23(25,2)3)20(16-25)27-30-21(28)18-10-6-5-7-11-18/h5-12,15H,13-14,16H2,1-4H3,(H,26,29)/b27-20+. The van der Waals surface area contributed by atoms with E-state index in [-0.39, 0.29) is 16.7 Å². The van der Waals surface area contributed by atoms with Crippen LogP contribution in [0.15, 0.2) is 59.8 Å². The lowest BCUT2D eigenvalue weighted by atomic mass is 9.64. The van der Waals surface area contributed by atoms with Crippen LogP contribution in [0.2, 0.25) is 0 Å². The van der Waals surface area contributed by atoms with E-state index in [0.29, 0.717) is 12.0 Å². The minimum Gasteiger partial charge on any atom is -0.326 e. The van der Waals surface area contributed by atoms with E-state index in [4.69, 9.17) is 4.84 Å². The number of anilines is 1. The summed E-state index contributed by atoms with van der Waals surface area (Å²) in [5, 5.41) is 7.41. The molecule has 2 atom stereocenters. The van der Waals surface area contributed by atoms with Crippen molar-refractivity contribution in [2.75, 3.05) is 5.32 Å². The molecule has 0 radical (unpaired) electrons. The van der Waals surface area contributed by atoms with Crippen LogP contribution in [0.1, 0.15) is 56.0 Å². The molecular weight excluding hydrogens is 376 g/mol. The Hall–Kier alpha value is -2.95. The molecule has 0 heterocycles. The van der Waals surface area contributed by atoms with E-state index >= 15 is 0 Å². The summed E-state index contributed by atoms with van der Waals surface area (Å²) in [6, 6.07) is 16.7. The quantitative estimate of drug-likeness (QED) is 0.551. The largest absolute Gasteiger partial charge is 0.365 e. The van der Waals surface area contributed by atoms with Crippen LogP contribution in [-0.4, -0.2) is 17.6 Å². The van der Waals surface area contributed by atoms with Crippen LogP contribution < -0.4 is 5.32 Å². The van der Waals surface area contributed by atoms with Gasteiger partial charge in [-0.3, -0.25) is 4.79 Å². The van der Waals surface area contributed by atoms with E-state index in [0.717, 1.165) is 29.8 Å². The molecular formula is C25H28N2O3. The predicted octanol–water partition coefficient (Wildman–Crippen LogP) is 5.36. The van der Waals surface area contributed by atoms with Gasteiger partial charge in [-0.05, 0) is 55.0 Å². The third kappa shape index (κ3) is 2.95. The van der Waals surface area contributed by atoms with E-state index < -0.39 is 11.4 Å². The van der Waals surface area contributed by atoms with Crippen molar-refractivity contribution in [3.05, 3.63) is 65.7 Å². The zero-order valence-electron chi connectivity index (χ0n) is 18.0. The molecule has 1 N–H and O–H groups in total. The Kier molecular flexibility index (Phi) is 4.80. The van der Waals surface area contributed by atoms with Gasteiger partial charge in [0, 0.05) is 17.5 Å². The van der Waals surface area contributed by atoms with Gasteiger partial charge in [-0.2, -0.15) is 0 Å². The topological polar surface area (TPSA) is 67.8 Å². The zero-order chi connectivity index (χ0) is 21.6. The molecule has 0 aliphatic heterocycles. The maximum absolute atomic E-state index is 13.5. The van der Waals surface area contributed by atoms with Crippen LogP contribution in [0.25, 0.3) is 0 Å². The van der Waals surface area contributed by atoms with Gasteiger partial charge in [0.1, 0.15) is 0 Å². The van der Waals surface area contributed by atoms with Crippen molar-refractivity contribution in [2.45, 2.75) is 47.0 Å². The van der Waals surface area contributed by atoms with Crippen molar-refractivity contribution in [3.63, 3.8) is 0 Å². The van der Waals surface area contributed by atoms with Crippen LogP contribution >= 0.6 is 0 Å². The van der Waals surface area contributed by atoms with Gasteiger partial charge in [-0.25, -0.2) is 4.79 Å². The first kappa shape index (κ1) is 20.3. The maximum atomic E-state index is 13.5. The van der Waals surface area contributed by atoms with Crippen molar-refractivity contribution in [1.29, 1.82) is 0 Å². The molecule has 2 aliphatic carbocycles. The third-order valence-electron chi connectivity index (χ3n) is 7.69. The lowest BCUT2D eigenvalue weighted by molar-refractivity contribution is -0.130. The average Bonchev–Trinajstić information content (AvgIpc) is 3.03. The molecule has 2 aliphatic rings. The molecule has 2 bridgehead atoms. The van der Waals surface area contributed by atoms with Crippen molar-refractivity contribution in [1.82, 2.24) is 0 Å². The molecule has 2 unspecified atom stereocenters. The number of amides is 1. The van der Waals surface area contributed by atoms with Gasteiger partial charge in [0.05, 0.1) is 16.7 Å². The summed E-state index contributed by atoms with van der Waals surface area (Å²) in [7, 11) is 0. The molecule has 5 nitrogen and oxygen atoms in total. The number of nitrogens with zero attached hydrogens (tertiary/aromatic N) is 1. The lowest BCUT2D eigenvalue weighted by Gasteiger charge is -2.39. The molecule has 30 heavy (non-hydrogen) atoms. The Morgan fingerprint density at radius 3 is 2.43 bits per heavy atom. The number of hydrogen-bond acceptors (Lipinski definition) is 4. The highest BCUT2D eigenvalue weighted by atomic mass is 16.7. The summed E-state index contributed by atoms with van der Waals surface area (Å²) >= 11 is 0. The Balaban J connectivity index is 1.59. The van der Waals surface area contributed by atoms with Crippen LogP contribution in [0.3, 0.4) is 0 Å². The van der Waals surface area contributed by atoms with E-state index in [1.165, 1.54) is 0 Å². The summed E-state index contributed by atoms with van der Waals surface area (Å²) < 4.78 is 0. The number of carbonyl (C=O) groups is 2. The van der Waals surface area contributed by atoms with E-state index in [1.54, 1.807) is 24.3 Å². The number of carbonyl (C=O) groups excluding carboxylic acids is 2. The monoisotopic (exact) mass is 404 g/mol. The Labute approximate surface area is 177 Å². The molecule has 1 amide bonds. The minimum absolute atomic E-state index is 0.0152. The molecule has 0 spiro atoms. The summed E-state index contributed by atoms with van der Waals surface area (Å²) in [6.45, 7) is 8.41. The third-order valence-corrected chi connectivity index (χ3v) is 7.69. The van der Waals surface area contributed by atoms with E-state index in [9.17, 15) is 9.59 Å². The maximum Gasteiger partial charge on any atom is 0.365 e. The first-order valence-corrected chi connectivity index (χ1v) is 10.4. The Morgan fingerprint density at radius 1 is 1.00 bits per heavy atom. The number of nitrogens with one attached hydrogen (secondary N) is 1. The number of fused-ring (bicyclic) bond motifs is 2. The highest BCUT2D eigenvalue weighted by Gasteiger charge is 2.71. The molecule has 2 aromatic carbocycles. The molecule has 2 fully saturated rings. The van der Waals surface area contributed by atoms with Crippen LogP contribution in [0.5, 0.6) is 0 Å². The molecule has 0 saturated heterocycles. The Morgan fingerprint density at radius 2 is 1.73 bits per heavy atom. The van der Waals surface area contributed by atoms with Gasteiger partial charge in [-0.1, -0.05) is 56.3 Å². The first-order chi connectivity index (χ1) is 14.2. The Bertz CT molecular complexity index is 1030. The number of hydrogen-bond donors (Lipinski definition) is 1. The van der Waals surface area contributed by atoms with Crippen LogP contribution in [0, 0.1) is 23.2 Å². The van der Waals surface area contributed by atoms with Gasteiger partial charge in [0.15, 0.2) is 0 Å². The summed E-state index contributed by atoms with van der Waals surface area (Å²) in [5.74, 6) is -0.466. The second kappa shape index (κ2) is 7.08. The second-order valence-corrected chi connectivity index (χ2v) is 9.32. The molecule has 2 saturated carbocycles. The fraction of sp³-hybridized carbons (Fsp3) is 0.400. The molecule has 0 aromatic heterocycles. The summed E-state index contributed by atoms with van der Waals surface area (Å²) in [6.07, 6.45) is 2.12. The number of aryl methyl sites for hydroxylation is 1. The highest BCUT2D eigenvalue weighted by molar-refractivity contribution is 6.06. The predicted molar refractivity (Wildman–Crippen MR) is 117 cm³/mol. The average molecular weight is 405 g/mol. The van der Waals surface area contributed by atoms with Crippen LogP contribution in [0.4, 0.5) is 5.69 Å². The lowest BCUT2D eigenvalue weighted by Crippen LogP contribution is -2.43. The first-order valence-electron chi connectivity index (χ1n) is 10.4. The fourth-order valence-electron chi connectivity index (χ4n) is 5.22. The van der Waals surface area contributed by atoms with Crippen molar-refractivity contribution in [3.8, 4) is 0 Å². The van der Waals surface area contributed by atoms with Gasteiger partial charge < -0.3 is 10.2 Å². The molecule has 5 heteroatoms. The normalized spacial score (nSPS) is 27.8. The molecule has 2 aromatic rings. The molecule has 4 rings (SSSR count). The van der Waals surface area contributed by atoms with Gasteiger partial charge in [-0.15, -0.1) is 0 Å². The van der Waals surface area contributed by atoms with Gasteiger partial charge in [0.2, 0.25) is 5.91 Å². The fourth-order valence-corrected chi connectivity index (χ4v) is 5.22.